The third kappa shape index (κ3) is 9.49. The number of hydrogen-bond donors (Lipinski definition) is 1. The Bertz CT molecular complexity index is 1810. The summed E-state index contributed by atoms with van der Waals surface area (Å²) in [4.78, 5) is 19.1. The number of anilines is 1. The number of nitrogens with zero attached hydrogens (tertiary/aromatic N) is 3. The summed E-state index contributed by atoms with van der Waals surface area (Å²) in [5.74, 6) is 1.80. The van der Waals surface area contributed by atoms with E-state index < -0.39 is 19.5 Å². The van der Waals surface area contributed by atoms with Gasteiger partial charge in [0.25, 0.3) is 8.32 Å². The molecule has 6 rings (SSSR count). The van der Waals surface area contributed by atoms with Crippen LogP contribution in [0.1, 0.15) is 116 Å². The molecule has 0 spiro atoms. The molecule has 0 radical (unpaired) electrons. The Balaban J connectivity index is 1.20. The molecule has 2 atom stereocenters. The van der Waals surface area contributed by atoms with Crippen molar-refractivity contribution >= 4 is 20.1 Å². The lowest BCUT2D eigenvalue weighted by Gasteiger charge is -2.43. The quantitative estimate of drug-likeness (QED) is 0.194. The number of aryl methyl sites for hydroxylation is 1. The van der Waals surface area contributed by atoms with Crippen LogP contribution in [0, 0.1) is 5.82 Å². The second-order valence-corrected chi connectivity index (χ2v) is 24.2. The topological polar surface area (TPSA) is 74.7 Å². The van der Waals surface area contributed by atoms with Gasteiger partial charge >= 0.3 is 6.09 Å². The number of fused-ring (bicyclic) bond motifs is 1. The maximum atomic E-state index is 14.2. The molecule has 1 N–H and O–H groups in total. The number of rotatable bonds is 11. The molecule has 2 heterocycles. The highest BCUT2D eigenvalue weighted by Gasteiger charge is 2.47. The first-order valence-corrected chi connectivity index (χ1v) is 23.5. The van der Waals surface area contributed by atoms with Gasteiger partial charge in [-0.1, -0.05) is 65.8 Å². The SMILES string of the molecule is COc1cc(N2CCN(CC3(O)CCN(C(=O)OC(C)(C)C)CC3)CC2)ccc1[C@@H]1c2ccc(O[Si](C(C)C)(C(C)C)C(C)C)cc2CC[C@@H]1c1ccc(F)cc1. The van der Waals surface area contributed by atoms with Crippen LogP contribution in [-0.4, -0.2) is 93.4 Å². The normalized spacial score (nSPS) is 20.5. The zero-order chi connectivity index (χ0) is 41.3. The molecule has 2 saturated heterocycles. The number of β-amino-alcohol motifs (C(OH)–C–C–N with tert-alkyl or cyclic N) is 1. The van der Waals surface area contributed by atoms with Gasteiger partial charge in [-0.25, -0.2) is 9.18 Å². The standard InChI is InChI=1S/C47H68FN3O5Si/c1-32(2)57(33(3)4,34(5)6)56-39-17-20-41-36(29-39)13-18-40(35-11-14-37(48)15-12-35)44(41)42-19-16-38(30-43(42)54-10)50-27-25-49(26-28-50)31-47(53)21-23-51(24-22-47)45(52)55-46(7,8)9/h11-12,14-17,19-20,29-30,32-34,40,44,53H,13,18,21-28,31H2,1-10H3/t40-,44+/m1/s1. The fourth-order valence-corrected chi connectivity index (χ4v) is 15.4. The van der Waals surface area contributed by atoms with Gasteiger partial charge in [0, 0.05) is 69.0 Å². The molecule has 2 fully saturated rings. The first kappa shape index (κ1) is 43.0. The number of piperazine rings is 1. The Hall–Kier alpha value is -3.60. The highest BCUT2D eigenvalue weighted by atomic mass is 28.4. The average Bonchev–Trinajstić information content (AvgIpc) is 3.16. The van der Waals surface area contributed by atoms with Crippen molar-refractivity contribution in [1.29, 1.82) is 0 Å². The maximum absolute atomic E-state index is 14.2. The maximum Gasteiger partial charge on any atom is 0.410 e. The molecular weight excluding hydrogens is 734 g/mol. The van der Waals surface area contributed by atoms with E-state index in [0.29, 0.717) is 49.1 Å². The molecule has 0 bridgehead atoms. The number of methoxy groups -OCH3 is 1. The van der Waals surface area contributed by atoms with Gasteiger partial charge in [-0.05, 0) is 116 Å². The Labute approximate surface area is 342 Å². The molecule has 2 aliphatic heterocycles. The summed E-state index contributed by atoms with van der Waals surface area (Å²) in [5.41, 5.74) is 6.08. The van der Waals surface area contributed by atoms with Crippen LogP contribution < -0.4 is 14.1 Å². The van der Waals surface area contributed by atoms with Gasteiger partial charge in [-0.15, -0.1) is 0 Å². The molecule has 3 aromatic rings. The lowest BCUT2D eigenvalue weighted by Crippen LogP contribution is -2.56. The van der Waals surface area contributed by atoms with E-state index in [0.717, 1.165) is 67.3 Å². The predicted octanol–water partition coefficient (Wildman–Crippen LogP) is 10.1. The summed E-state index contributed by atoms with van der Waals surface area (Å²) in [6.07, 6.45) is 2.64. The highest BCUT2D eigenvalue weighted by molar-refractivity contribution is 6.78. The van der Waals surface area contributed by atoms with Gasteiger partial charge < -0.3 is 28.8 Å². The van der Waals surface area contributed by atoms with Crippen LogP contribution in [0.5, 0.6) is 11.5 Å². The second-order valence-electron chi connectivity index (χ2n) is 18.8. The number of halogens is 1. The zero-order valence-electron chi connectivity index (χ0n) is 36.2. The number of amides is 1. The predicted molar refractivity (Wildman–Crippen MR) is 231 cm³/mol. The van der Waals surface area contributed by atoms with Crippen LogP contribution in [0.4, 0.5) is 14.9 Å². The molecule has 8 nitrogen and oxygen atoms in total. The third-order valence-corrected chi connectivity index (χ3v) is 19.0. The third-order valence-electron chi connectivity index (χ3n) is 13.0. The Morgan fingerprint density at radius 3 is 2.05 bits per heavy atom. The number of carbonyl (C=O) groups excluding carboxylic acids is 1. The minimum atomic E-state index is -2.13. The molecule has 3 aliphatic rings. The van der Waals surface area contributed by atoms with E-state index in [9.17, 15) is 14.3 Å². The van der Waals surface area contributed by atoms with Crippen LogP contribution in [0.15, 0.2) is 60.7 Å². The summed E-state index contributed by atoms with van der Waals surface area (Å²) in [5, 5.41) is 11.5. The molecule has 1 aliphatic carbocycles. The van der Waals surface area contributed by atoms with Crippen LogP contribution in [0.3, 0.4) is 0 Å². The van der Waals surface area contributed by atoms with E-state index in [-0.39, 0.29) is 23.7 Å². The monoisotopic (exact) mass is 801 g/mol. The summed E-state index contributed by atoms with van der Waals surface area (Å²) < 4.78 is 33.1. The van der Waals surface area contributed by atoms with Crippen molar-refractivity contribution in [2.45, 2.75) is 128 Å². The second kappa shape index (κ2) is 17.3. The Kier molecular flexibility index (Phi) is 13.1. The fourth-order valence-electron chi connectivity index (χ4n) is 10.2. The molecule has 3 aromatic carbocycles. The van der Waals surface area contributed by atoms with Crippen molar-refractivity contribution in [1.82, 2.24) is 9.80 Å². The molecule has 10 heteroatoms. The van der Waals surface area contributed by atoms with Crippen LogP contribution in [0.25, 0.3) is 0 Å². The van der Waals surface area contributed by atoms with Gasteiger partial charge in [0.05, 0.1) is 12.7 Å². The van der Waals surface area contributed by atoms with Crippen molar-refractivity contribution in [3.63, 3.8) is 0 Å². The summed E-state index contributed by atoms with van der Waals surface area (Å²) in [7, 11) is -0.368. The summed E-state index contributed by atoms with van der Waals surface area (Å²) in [6, 6.07) is 20.5. The first-order valence-electron chi connectivity index (χ1n) is 21.4. The van der Waals surface area contributed by atoms with Crippen LogP contribution in [0.2, 0.25) is 16.6 Å². The number of hydrogen-bond acceptors (Lipinski definition) is 7. The number of likely N-dealkylation sites (tertiary alicyclic amines) is 1. The van der Waals surface area contributed by atoms with Crippen molar-refractivity contribution < 1.29 is 28.2 Å². The number of benzene rings is 3. The average molecular weight is 802 g/mol. The van der Waals surface area contributed by atoms with E-state index in [1.807, 2.05) is 32.9 Å². The van der Waals surface area contributed by atoms with Gasteiger partial charge in [0.2, 0.25) is 0 Å². The van der Waals surface area contributed by atoms with E-state index in [4.69, 9.17) is 13.9 Å². The van der Waals surface area contributed by atoms with Crippen LogP contribution >= 0.6 is 0 Å². The number of carbonyl (C=O) groups is 1. The molecule has 312 valence electrons. The molecule has 57 heavy (non-hydrogen) atoms. The smallest absolute Gasteiger partial charge is 0.410 e. The molecule has 1 amide bonds. The lowest BCUT2D eigenvalue weighted by molar-refractivity contribution is -0.0507. The molecule has 0 saturated carbocycles. The Morgan fingerprint density at radius 1 is 0.860 bits per heavy atom. The van der Waals surface area contributed by atoms with Gasteiger partial charge in [0.1, 0.15) is 22.9 Å². The largest absolute Gasteiger partial charge is 0.543 e. The summed E-state index contributed by atoms with van der Waals surface area (Å²) >= 11 is 0. The van der Waals surface area contributed by atoms with Gasteiger partial charge in [-0.2, -0.15) is 0 Å². The minimum Gasteiger partial charge on any atom is -0.543 e. The van der Waals surface area contributed by atoms with Gasteiger partial charge in [0.15, 0.2) is 0 Å². The molecule has 0 aromatic heterocycles. The minimum absolute atomic E-state index is 0.0267. The number of piperidine rings is 1. The Morgan fingerprint density at radius 2 is 1.47 bits per heavy atom. The van der Waals surface area contributed by atoms with E-state index in [1.165, 1.54) is 11.1 Å². The number of ether oxygens (including phenoxy) is 2. The highest BCUT2D eigenvalue weighted by Crippen LogP contribution is 2.51. The first-order chi connectivity index (χ1) is 26.9. The molecular formula is C47H68FN3O5Si. The van der Waals surface area contributed by atoms with Crippen molar-refractivity contribution in [3.8, 4) is 11.5 Å². The van der Waals surface area contributed by atoms with Crippen molar-refractivity contribution in [3.05, 3.63) is 88.7 Å². The van der Waals surface area contributed by atoms with Crippen molar-refractivity contribution in [2.24, 2.45) is 0 Å². The van der Waals surface area contributed by atoms with E-state index in [1.54, 1.807) is 24.1 Å². The lowest BCUT2D eigenvalue weighted by atomic mass is 9.69. The molecule has 0 unspecified atom stereocenters. The van der Waals surface area contributed by atoms with E-state index in [2.05, 4.69) is 87.7 Å². The fraction of sp³-hybridized carbons (Fsp3) is 0.596. The van der Waals surface area contributed by atoms with Crippen LogP contribution in [-0.2, 0) is 11.2 Å². The zero-order valence-corrected chi connectivity index (χ0v) is 37.2. The summed E-state index contributed by atoms with van der Waals surface area (Å²) in [6.45, 7) is 24.5. The van der Waals surface area contributed by atoms with Gasteiger partial charge in [-0.3, -0.25) is 4.90 Å². The van der Waals surface area contributed by atoms with Crippen molar-refractivity contribution in [2.75, 3.05) is 57.8 Å². The van der Waals surface area contributed by atoms with E-state index >= 15 is 0 Å². The number of aliphatic hydroxyl groups is 1.